The van der Waals surface area contributed by atoms with E-state index < -0.39 is 0 Å². The number of nitrogens with one attached hydrogen (secondary N) is 1. The Morgan fingerprint density at radius 2 is 2.06 bits per heavy atom. The van der Waals surface area contributed by atoms with Gasteiger partial charge in [-0.3, -0.25) is 4.79 Å². The fourth-order valence-electron chi connectivity index (χ4n) is 3.53. The fourth-order valence-corrected chi connectivity index (χ4v) is 3.53. The molecule has 2 bridgehead atoms. The van der Waals surface area contributed by atoms with Gasteiger partial charge in [0.15, 0.2) is 0 Å². The van der Waals surface area contributed by atoms with E-state index >= 15 is 0 Å². The molecule has 1 aliphatic heterocycles. The molecule has 1 aromatic carbocycles. The molecule has 0 aromatic heterocycles. The van der Waals surface area contributed by atoms with E-state index in [2.05, 4.69) is 23.5 Å². The molecule has 2 nitrogen and oxygen atoms in total. The summed E-state index contributed by atoms with van der Waals surface area (Å²) in [7, 11) is 0. The molecular weight excluding hydrogens is 222 g/mol. The Morgan fingerprint density at radius 1 is 1.17 bits per heavy atom. The summed E-state index contributed by atoms with van der Waals surface area (Å²) >= 11 is 0. The van der Waals surface area contributed by atoms with Gasteiger partial charge in [-0.1, -0.05) is 36.4 Å². The zero-order valence-corrected chi connectivity index (χ0v) is 10.1. The second kappa shape index (κ2) is 3.58. The van der Waals surface area contributed by atoms with E-state index in [-0.39, 0.29) is 5.91 Å². The summed E-state index contributed by atoms with van der Waals surface area (Å²) in [6, 6.07) is 7.95. The van der Waals surface area contributed by atoms with Crippen molar-refractivity contribution in [3.63, 3.8) is 0 Å². The summed E-state index contributed by atoms with van der Waals surface area (Å²) in [4.78, 5) is 12.0. The van der Waals surface area contributed by atoms with Crippen molar-refractivity contribution in [2.24, 2.45) is 17.8 Å². The van der Waals surface area contributed by atoms with Crippen LogP contribution in [0.3, 0.4) is 0 Å². The number of carbonyl (C=O) groups excluding carboxylic acids is 1. The largest absolute Gasteiger partial charge is 0.321 e. The highest BCUT2D eigenvalue weighted by Crippen LogP contribution is 2.45. The first kappa shape index (κ1) is 10.1. The van der Waals surface area contributed by atoms with Crippen LogP contribution < -0.4 is 5.32 Å². The molecule has 4 rings (SSSR count). The number of carbonyl (C=O) groups is 1. The minimum atomic E-state index is 0.0583. The van der Waals surface area contributed by atoms with Crippen LogP contribution in [-0.2, 0) is 4.79 Å². The van der Waals surface area contributed by atoms with Gasteiger partial charge in [-0.15, -0.1) is 0 Å². The topological polar surface area (TPSA) is 29.1 Å². The average molecular weight is 237 g/mol. The standard InChI is InChI=1S/C16H15NO/c18-16-14(13-3-1-2-4-15(13)17-16)9-12-8-10-5-6-11(12)7-10/h1-6,9-12H,7-8H2,(H,17,18)/b14-9+/t10-,11+,12+/m0/s1. The second-order valence-electron chi connectivity index (χ2n) is 5.52. The van der Waals surface area contributed by atoms with Gasteiger partial charge >= 0.3 is 0 Å². The highest BCUT2D eigenvalue weighted by Gasteiger charge is 2.36. The predicted molar refractivity (Wildman–Crippen MR) is 71.9 cm³/mol. The van der Waals surface area contributed by atoms with Gasteiger partial charge in [0, 0.05) is 16.8 Å². The smallest absolute Gasteiger partial charge is 0.256 e. The fraction of sp³-hybridized carbons (Fsp3) is 0.312. The van der Waals surface area contributed by atoms with Crippen molar-refractivity contribution in [2.45, 2.75) is 12.8 Å². The molecular formula is C16H15NO. The van der Waals surface area contributed by atoms with Gasteiger partial charge in [-0.25, -0.2) is 0 Å². The van der Waals surface area contributed by atoms with Crippen molar-refractivity contribution in [1.82, 2.24) is 0 Å². The Balaban J connectivity index is 1.73. The van der Waals surface area contributed by atoms with E-state index in [0.29, 0.717) is 11.8 Å². The zero-order chi connectivity index (χ0) is 12.1. The van der Waals surface area contributed by atoms with Gasteiger partial charge < -0.3 is 5.32 Å². The van der Waals surface area contributed by atoms with E-state index in [1.165, 1.54) is 12.8 Å². The lowest BCUT2D eigenvalue weighted by molar-refractivity contribution is -0.110. The van der Waals surface area contributed by atoms with Crippen LogP contribution in [0.1, 0.15) is 18.4 Å². The molecule has 1 aromatic rings. The first-order valence-electron chi connectivity index (χ1n) is 6.62. The summed E-state index contributed by atoms with van der Waals surface area (Å²) in [6.45, 7) is 0. The molecule has 18 heavy (non-hydrogen) atoms. The monoisotopic (exact) mass is 237 g/mol. The van der Waals surface area contributed by atoms with Crippen LogP contribution in [0.15, 0.2) is 42.5 Å². The van der Waals surface area contributed by atoms with Crippen LogP contribution in [0, 0.1) is 17.8 Å². The molecule has 2 aliphatic carbocycles. The van der Waals surface area contributed by atoms with Crippen molar-refractivity contribution >= 4 is 17.2 Å². The molecule has 90 valence electrons. The molecule has 0 spiro atoms. The molecule has 1 heterocycles. The van der Waals surface area contributed by atoms with Crippen LogP contribution in [-0.4, -0.2) is 5.91 Å². The van der Waals surface area contributed by atoms with Gasteiger partial charge in [0.1, 0.15) is 0 Å². The minimum Gasteiger partial charge on any atom is -0.321 e. The maximum atomic E-state index is 12.0. The maximum absolute atomic E-state index is 12.0. The van der Waals surface area contributed by atoms with Gasteiger partial charge in [0.25, 0.3) is 5.91 Å². The Labute approximate surface area is 106 Å². The van der Waals surface area contributed by atoms with E-state index in [4.69, 9.17) is 0 Å². The molecule has 3 aliphatic rings. The van der Waals surface area contributed by atoms with Gasteiger partial charge in [0.05, 0.1) is 0 Å². The van der Waals surface area contributed by atoms with Crippen LogP contribution in [0.2, 0.25) is 0 Å². The zero-order valence-electron chi connectivity index (χ0n) is 10.1. The average Bonchev–Trinajstić information content (AvgIpc) is 3.05. The predicted octanol–water partition coefficient (Wildman–Crippen LogP) is 3.23. The number of rotatable bonds is 1. The summed E-state index contributed by atoms with van der Waals surface area (Å²) in [5, 5.41) is 2.94. The van der Waals surface area contributed by atoms with Crippen molar-refractivity contribution < 1.29 is 4.79 Å². The summed E-state index contributed by atoms with van der Waals surface area (Å²) in [5.74, 6) is 2.01. The number of hydrogen-bond donors (Lipinski definition) is 1. The van der Waals surface area contributed by atoms with E-state index in [9.17, 15) is 4.79 Å². The van der Waals surface area contributed by atoms with Crippen molar-refractivity contribution in [3.05, 3.63) is 48.1 Å². The van der Waals surface area contributed by atoms with Crippen LogP contribution in [0.25, 0.3) is 5.57 Å². The molecule has 1 fully saturated rings. The lowest BCUT2D eigenvalue weighted by atomic mass is 9.90. The number of benzene rings is 1. The highest BCUT2D eigenvalue weighted by molar-refractivity contribution is 6.31. The molecule has 0 saturated heterocycles. The van der Waals surface area contributed by atoms with E-state index in [0.717, 1.165) is 22.7 Å². The van der Waals surface area contributed by atoms with Gasteiger partial charge in [-0.05, 0) is 36.7 Å². The van der Waals surface area contributed by atoms with Crippen LogP contribution >= 0.6 is 0 Å². The van der Waals surface area contributed by atoms with Crippen LogP contribution in [0.5, 0.6) is 0 Å². The number of hydrogen-bond acceptors (Lipinski definition) is 1. The Hall–Kier alpha value is -1.83. The molecule has 0 unspecified atom stereocenters. The Bertz CT molecular complexity index is 585. The van der Waals surface area contributed by atoms with Crippen molar-refractivity contribution in [2.75, 3.05) is 5.32 Å². The number of para-hydroxylation sites is 1. The van der Waals surface area contributed by atoms with Gasteiger partial charge in [-0.2, -0.15) is 0 Å². The molecule has 0 radical (unpaired) electrons. The first-order valence-corrected chi connectivity index (χ1v) is 6.62. The third-order valence-corrected chi connectivity index (χ3v) is 4.42. The molecule has 1 N–H and O–H groups in total. The van der Waals surface area contributed by atoms with Gasteiger partial charge in [0.2, 0.25) is 0 Å². The highest BCUT2D eigenvalue weighted by atomic mass is 16.2. The normalized spacial score (nSPS) is 34.1. The minimum absolute atomic E-state index is 0.0583. The number of fused-ring (bicyclic) bond motifs is 3. The number of allylic oxidation sites excluding steroid dienone is 3. The summed E-state index contributed by atoms with van der Waals surface area (Å²) in [5.41, 5.74) is 2.89. The maximum Gasteiger partial charge on any atom is 0.256 e. The van der Waals surface area contributed by atoms with E-state index in [1.54, 1.807) is 0 Å². The number of amides is 1. The third kappa shape index (κ3) is 1.38. The SMILES string of the molecule is O=C1Nc2ccccc2/C1=C\[C@H]1C[C@H]2C=C[C@@H]1C2. The lowest BCUT2D eigenvalue weighted by Gasteiger charge is -2.14. The van der Waals surface area contributed by atoms with Crippen molar-refractivity contribution in [3.8, 4) is 0 Å². The molecule has 2 heteroatoms. The Kier molecular flexibility index (Phi) is 2.01. The number of anilines is 1. The van der Waals surface area contributed by atoms with Crippen LogP contribution in [0.4, 0.5) is 5.69 Å². The second-order valence-corrected chi connectivity index (χ2v) is 5.52. The molecule has 1 saturated carbocycles. The summed E-state index contributed by atoms with van der Waals surface area (Å²) in [6.07, 6.45) is 9.35. The summed E-state index contributed by atoms with van der Waals surface area (Å²) < 4.78 is 0. The quantitative estimate of drug-likeness (QED) is 0.589. The Morgan fingerprint density at radius 3 is 2.83 bits per heavy atom. The third-order valence-electron chi connectivity index (χ3n) is 4.42. The first-order chi connectivity index (χ1) is 8.81. The molecule has 3 atom stereocenters. The molecule has 1 amide bonds. The van der Waals surface area contributed by atoms with Crippen molar-refractivity contribution in [1.29, 1.82) is 0 Å². The lowest BCUT2D eigenvalue weighted by Crippen LogP contribution is -2.08. The van der Waals surface area contributed by atoms with E-state index in [1.807, 2.05) is 24.3 Å².